The zero-order chi connectivity index (χ0) is 28.6. The van der Waals surface area contributed by atoms with Gasteiger partial charge in [-0.3, -0.25) is 27.9 Å². The summed E-state index contributed by atoms with van der Waals surface area (Å²) in [6.45, 7) is 0. The summed E-state index contributed by atoms with van der Waals surface area (Å²) in [4.78, 5) is 54.9. The zero-order valence-corrected chi connectivity index (χ0v) is 23.2. The Labute approximate surface area is 233 Å². The van der Waals surface area contributed by atoms with E-state index in [2.05, 4.69) is 10.6 Å². The van der Waals surface area contributed by atoms with Gasteiger partial charge in [-0.1, -0.05) is 42.5 Å². The predicted octanol–water partition coefficient (Wildman–Crippen LogP) is 3.21. The molecule has 3 aromatic heterocycles. The van der Waals surface area contributed by atoms with Crippen LogP contribution in [0.2, 0.25) is 0 Å². The maximum Gasteiger partial charge on any atom is 0.332 e. The SMILES string of the molecule is Cn1c(Nc2ccccc2)c(C(c2cccs2)c2c(Nc3ccccc3)n(C)c(=O)n(C)c2=O)c(=O)n(C)c1=O. The van der Waals surface area contributed by atoms with E-state index in [4.69, 9.17) is 0 Å². The van der Waals surface area contributed by atoms with Crippen LogP contribution in [0.3, 0.4) is 0 Å². The molecule has 0 fully saturated rings. The van der Waals surface area contributed by atoms with Crippen molar-refractivity contribution in [1.29, 1.82) is 0 Å². The first-order valence-corrected chi connectivity index (χ1v) is 13.4. The van der Waals surface area contributed by atoms with Crippen molar-refractivity contribution in [2.24, 2.45) is 28.2 Å². The number of aromatic nitrogens is 4. The minimum atomic E-state index is -0.923. The monoisotopic (exact) mass is 556 g/mol. The number of benzene rings is 2. The van der Waals surface area contributed by atoms with Crippen molar-refractivity contribution in [3.8, 4) is 0 Å². The Morgan fingerprint density at radius 3 is 1.38 bits per heavy atom. The van der Waals surface area contributed by atoms with E-state index in [1.54, 1.807) is 14.1 Å². The molecular weight excluding hydrogens is 528 g/mol. The summed E-state index contributed by atoms with van der Waals surface area (Å²) in [5, 5.41) is 8.35. The van der Waals surface area contributed by atoms with Crippen LogP contribution in [0.15, 0.2) is 97.4 Å². The Hall–Kier alpha value is -4.90. The lowest BCUT2D eigenvalue weighted by atomic mass is 9.90. The molecule has 40 heavy (non-hydrogen) atoms. The second-order valence-corrected chi connectivity index (χ2v) is 10.3. The van der Waals surface area contributed by atoms with Gasteiger partial charge in [0, 0.05) is 44.4 Å². The molecule has 0 amide bonds. The van der Waals surface area contributed by atoms with Crippen LogP contribution in [0, 0.1) is 0 Å². The first-order chi connectivity index (χ1) is 19.2. The van der Waals surface area contributed by atoms with Crippen molar-refractivity contribution in [2.45, 2.75) is 5.92 Å². The van der Waals surface area contributed by atoms with Crippen molar-refractivity contribution >= 4 is 34.3 Å². The predicted molar refractivity (Wildman–Crippen MR) is 159 cm³/mol. The number of para-hydroxylation sites is 2. The van der Waals surface area contributed by atoms with E-state index in [1.807, 2.05) is 78.2 Å². The van der Waals surface area contributed by atoms with Crippen molar-refractivity contribution < 1.29 is 0 Å². The standard InChI is InChI=1S/C29H28N6O4S/c1-32-24(30-18-12-7-5-8-13-18)22(26(36)34(3)28(32)38)21(20-16-11-17-40-20)23-25(31-19-14-9-6-10-15-19)33(2)29(39)35(4)27(23)37/h5-17,21,30-31H,1-4H3. The first kappa shape index (κ1) is 26.7. The molecule has 0 atom stereocenters. The smallest absolute Gasteiger partial charge is 0.332 e. The molecule has 2 N–H and O–H groups in total. The van der Waals surface area contributed by atoms with Crippen LogP contribution >= 0.6 is 11.3 Å². The number of nitrogens with one attached hydrogen (secondary N) is 2. The van der Waals surface area contributed by atoms with E-state index in [0.29, 0.717) is 16.3 Å². The van der Waals surface area contributed by atoms with Gasteiger partial charge in [-0.2, -0.15) is 0 Å². The summed E-state index contributed by atoms with van der Waals surface area (Å²) in [7, 11) is 5.97. The highest BCUT2D eigenvalue weighted by Crippen LogP contribution is 2.38. The number of thiophene rings is 1. The second-order valence-electron chi connectivity index (χ2n) is 9.37. The summed E-state index contributed by atoms with van der Waals surface area (Å²) in [5.41, 5.74) is -0.435. The molecule has 5 aromatic rings. The van der Waals surface area contributed by atoms with Crippen molar-refractivity contribution in [3.05, 3.63) is 136 Å². The highest BCUT2D eigenvalue weighted by molar-refractivity contribution is 7.10. The fourth-order valence-corrected chi connectivity index (χ4v) is 5.61. The molecule has 0 saturated heterocycles. The lowest BCUT2D eigenvalue weighted by molar-refractivity contribution is 0.654. The van der Waals surface area contributed by atoms with Crippen LogP contribution < -0.4 is 33.1 Å². The molecule has 11 heteroatoms. The third-order valence-corrected chi connectivity index (χ3v) is 7.81. The van der Waals surface area contributed by atoms with Crippen LogP contribution in [0.25, 0.3) is 0 Å². The molecule has 0 bridgehead atoms. The van der Waals surface area contributed by atoms with Gasteiger partial charge >= 0.3 is 11.4 Å². The average Bonchev–Trinajstić information content (AvgIpc) is 3.51. The molecule has 5 rings (SSSR count). The molecule has 3 heterocycles. The van der Waals surface area contributed by atoms with Crippen LogP contribution in [0.1, 0.15) is 21.9 Å². The Balaban J connectivity index is 1.90. The second kappa shape index (κ2) is 10.7. The molecule has 2 aromatic carbocycles. The number of anilines is 4. The van der Waals surface area contributed by atoms with E-state index in [1.165, 1.54) is 34.6 Å². The Bertz CT molecular complexity index is 1800. The van der Waals surface area contributed by atoms with Gasteiger partial charge in [-0.25, -0.2) is 9.59 Å². The van der Waals surface area contributed by atoms with E-state index in [0.717, 1.165) is 9.13 Å². The minimum absolute atomic E-state index is 0.197. The third-order valence-electron chi connectivity index (χ3n) is 6.88. The lowest BCUT2D eigenvalue weighted by Crippen LogP contribution is -2.44. The molecule has 0 aliphatic carbocycles. The Morgan fingerprint density at radius 2 is 1.00 bits per heavy atom. The van der Waals surface area contributed by atoms with Gasteiger partial charge in [0.1, 0.15) is 11.6 Å². The molecule has 0 radical (unpaired) electrons. The topological polar surface area (TPSA) is 112 Å². The minimum Gasteiger partial charge on any atom is -0.341 e. The van der Waals surface area contributed by atoms with Gasteiger partial charge < -0.3 is 10.6 Å². The van der Waals surface area contributed by atoms with Gasteiger partial charge in [0.05, 0.1) is 17.0 Å². The van der Waals surface area contributed by atoms with Crippen LogP contribution in [-0.4, -0.2) is 18.3 Å². The molecule has 0 aliphatic rings. The Morgan fingerprint density at radius 1 is 0.575 bits per heavy atom. The van der Waals surface area contributed by atoms with Crippen molar-refractivity contribution in [2.75, 3.05) is 10.6 Å². The fourth-order valence-electron chi connectivity index (χ4n) is 4.76. The van der Waals surface area contributed by atoms with Gasteiger partial charge in [0.2, 0.25) is 0 Å². The Kier molecular flexibility index (Phi) is 7.14. The highest BCUT2D eigenvalue weighted by atomic mass is 32.1. The first-order valence-electron chi connectivity index (χ1n) is 12.5. The molecule has 0 aliphatic heterocycles. The van der Waals surface area contributed by atoms with Gasteiger partial charge in [-0.15, -0.1) is 11.3 Å². The van der Waals surface area contributed by atoms with Gasteiger partial charge in [0.25, 0.3) is 11.1 Å². The maximum atomic E-state index is 14.0. The summed E-state index contributed by atoms with van der Waals surface area (Å²) in [6.07, 6.45) is 0. The molecule has 0 saturated carbocycles. The summed E-state index contributed by atoms with van der Waals surface area (Å²) >= 11 is 1.37. The zero-order valence-electron chi connectivity index (χ0n) is 22.4. The molecule has 0 unspecified atom stereocenters. The van der Waals surface area contributed by atoms with E-state index in [9.17, 15) is 19.2 Å². The molecule has 0 spiro atoms. The van der Waals surface area contributed by atoms with Crippen molar-refractivity contribution in [3.63, 3.8) is 0 Å². The fraction of sp³-hybridized carbons (Fsp3) is 0.172. The lowest BCUT2D eigenvalue weighted by Gasteiger charge is -2.25. The summed E-state index contributed by atoms with van der Waals surface area (Å²) in [6, 6.07) is 22.0. The normalized spacial score (nSPS) is 11.1. The van der Waals surface area contributed by atoms with Crippen LogP contribution in [-0.2, 0) is 28.2 Å². The van der Waals surface area contributed by atoms with Crippen LogP contribution in [0.5, 0.6) is 0 Å². The number of hydrogen-bond donors (Lipinski definition) is 2. The number of hydrogen-bond acceptors (Lipinski definition) is 7. The van der Waals surface area contributed by atoms with Crippen LogP contribution in [0.4, 0.5) is 23.0 Å². The average molecular weight is 557 g/mol. The summed E-state index contributed by atoms with van der Waals surface area (Å²) < 4.78 is 4.79. The largest absolute Gasteiger partial charge is 0.341 e. The maximum absolute atomic E-state index is 14.0. The third kappa shape index (κ3) is 4.60. The van der Waals surface area contributed by atoms with Gasteiger partial charge in [0.15, 0.2) is 0 Å². The van der Waals surface area contributed by atoms with Crippen molar-refractivity contribution in [1.82, 2.24) is 18.3 Å². The summed E-state index contributed by atoms with van der Waals surface area (Å²) in [5.74, 6) is -0.424. The van der Waals surface area contributed by atoms with E-state index >= 15 is 0 Å². The molecule has 204 valence electrons. The number of nitrogens with zero attached hydrogens (tertiary/aromatic N) is 4. The quantitative estimate of drug-likeness (QED) is 0.319. The van der Waals surface area contributed by atoms with E-state index in [-0.39, 0.29) is 22.8 Å². The molecular formula is C29H28N6O4S. The van der Waals surface area contributed by atoms with E-state index < -0.39 is 28.4 Å². The van der Waals surface area contributed by atoms with Gasteiger partial charge in [-0.05, 0) is 35.7 Å². The molecule has 10 nitrogen and oxygen atoms in total. The highest BCUT2D eigenvalue weighted by Gasteiger charge is 2.33. The number of rotatable bonds is 7.